The van der Waals surface area contributed by atoms with E-state index in [9.17, 15) is 9.90 Å². The van der Waals surface area contributed by atoms with Gasteiger partial charge in [0.2, 0.25) is 0 Å². The standard InChI is InChI=1S/C19H26N2O2.C2H6O/c1-3-5-15-6-4-11-21(12-15)19(23)17(13-22)18(20)16-9-7-14(2)8-10-16;1-2-3/h7-10,13,15,20,22H,3-6,11-12H2,1-2H3;3H,2H2,1H3/b17-13+,20-18?;. The van der Waals surface area contributed by atoms with E-state index in [4.69, 9.17) is 10.5 Å². The number of rotatable bonds is 5. The number of amides is 1. The molecule has 1 aliphatic heterocycles. The fourth-order valence-corrected chi connectivity index (χ4v) is 3.17. The normalized spacial score (nSPS) is 17.3. The Balaban J connectivity index is 0.00000105. The second-order valence-electron chi connectivity index (χ2n) is 6.65. The molecule has 0 saturated carbocycles. The van der Waals surface area contributed by atoms with E-state index in [1.54, 1.807) is 11.8 Å². The van der Waals surface area contributed by atoms with E-state index < -0.39 is 0 Å². The number of nitrogens with zero attached hydrogens (tertiary/aromatic N) is 1. The first kappa shape index (κ1) is 21.9. The van der Waals surface area contributed by atoms with Crippen molar-refractivity contribution in [3.63, 3.8) is 0 Å². The van der Waals surface area contributed by atoms with Crippen molar-refractivity contribution in [1.82, 2.24) is 4.90 Å². The number of piperidine rings is 1. The van der Waals surface area contributed by atoms with Crippen molar-refractivity contribution in [3.8, 4) is 0 Å². The molecule has 1 aliphatic rings. The molecule has 0 radical (unpaired) electrons. The predicted molar refractivity (Wildman–Crippen MR) is 106 cm³/mol. The minimum Gasteiger partial charge on any atom is -0.515 e. The summed E-state index contributed by atoms with van der Waals surface area (Å²) in [5.74, 6) is 0.296. The summed E-state index contributed by atoms with van der Waals surface area (Å²) in [6.07, 6.45) is 5.18. The molecule has 26 heavy (non-hydrogen) atoms. The largest absolute Gasteiger partial charge is 0.515 e. The number of aryl methyl sites for hydroxylation is 1. The minimum absolute atomic E-state index is 0.0750. The van der Waals surface area contributed by atoms with Crippen LogP contribution in [0.2, 0.25) is 0 Å². The van der Waals surface area contributed by atoms with E-state index in [-0.39, 0.29) is 23.8 Å². The number of hydrogen-bond acceptors (Lipinski definition) is 4. The molecular formula is C21H32N2O3. The molecule has 1 fully saturated rings. The number of aliphatic hydroxyl groups excluding tert-OH is 2. The van der Waals surface area contributed by atoms with E-state index in [0.29, 0.717) is 18.0 Å². The molecule has 5 heteroatoms. The molecule has 2 rings (SSSR count). The van der Waals surface area contributed by atoms with Gasteiger partial charge < -0.3 is 15.1 Å². The van der Waals surface area contributed by atoms with Crippen LogP contribution in [0.3, 0.4) is 0 Å². The van der Waals surface area contributed by atoms with Crippen molar-refractivity contribution in [2.45, 2.75) is 46.5 Å². The van der Waals surface area contributed by atoms with Crippen LogP contribution in [0, 0.1) is 18.3 Å². The van der Waals surface area contributed by atoms with Crippen LogP contribution in [0.1, 0.15) is 50.7 Å². The lowest BCUT2D eigenvalue weighted by Gasteiger charge is -2.33. The summed E-state index contributed by atoms with van der Waals surface area (Å²) in [6.45, 7) is 7.50. The highest BCUT2D eigenvalue weighted by atomic mass is 16.2. The second kappa shape index (κ2) is 11.5. The molecule has 0 aromatic heterocycles. The average molecular weight is 360 g/mol. The average Bonchev–Trinajstić information content (AvgIpc) is 2.64. The number of hydrogen-bond donors (Lipinski definition) is 3. The van der Waals surface area contributed by atoms with Gasteiger partial charge in [-0.3, -0.25) is 10.2 Å². The van der Waals surface area contributed by atoms with Crippen molar-refractivity contribution in [2.24, 2.45) is 5.92 Å². The van der Waals surface area contributed by atoms with E-state index in [2.05, 4.69) is 6.92 Å². The molecule has 1 aromatic carbocycles. The highest BCUT2D eigenvalue weighted by molar-refractivity contribution is 6.26. The van der Waals surface area contributed by atoms with E-state index >= 15 is 0 Å². The maximum atomic E-state index is 12.7. The number of carbonyl (C=O) groups is 1. The Labute approximate surface area is 156 Å². The van der Waals surface area contributed by atoms with Crippen LogP contribution in [0.5, 0.6) is 0 Å². The molecule has 0 aliphatic carbocycles. The Bertz CT molecular complexity index is 606. The molecule has 5 nitrogen and oxygen atoms in total. The minimum atomic E-state index is -0.237. The van der Waals surface area contributed by atoms with Crippen LogP contribution in [-0.4, -0.2) is 46.4 Å². The van der Waals surface area contributed by atoms with Crippen molar-refractivity contribution in [3.05, 3.63) is 47.2 Å². The first-order chi connectivity index (χ1) is 12.5. The summed E-state index contributed by atoms with van der Waals surface area (Å²) in [5.41, 5.74) is 1.90. The zero-order valence-corrected chi connectivity index (χ0v) is 16.2. The van der Waals surface area contributed by atoms with Gasteiger partial charge in [-0.1, -0.05) is 43.2 Å². The highest BCUT2D eigenvalue weighted by Gasteiger charge is 2.27. The molecule has 1 unspecified atom stereocenters. The van der Waals surface area contributed by atoms with Crippen molar-refractivity contribution in [1.29, 1.82) is 5.41 Å². The molecule has 1 heterocycles. The Kier molecular flexibility index (Phi) is 9.66. The smallest absolute Gasteiger partial charge is 0.259 e. The molecule has 1 saturated heterocycles. The third-order valence-corrected chi connectivity index (χ3v) is 4.47. The molecule has 1 aromatic rings. The van der Waals surface area contributed by atoms with Crippen LogP contribution in [-0.2, 0) is 4.79 Å². The fraction of sp³-hybridized carbons (Fsp3) is 0.524. The molecule has 0 spiro atoms. The van der Waals surface area contributed by atoms with Crippen molar-refractivity contribution < 1.29 is 15.0 Å². The fourth-order valence-electron chi connectivity index (χ4n) is 3.17. The summed E-state index contributed by atoms with van der Waals surface area (Å²) in [4.78, 5) is 14.5. The molecule has 144 valence electrons. The third-order valence-electron chi connectivity index (χ3n) is 4.47. The lowest BCUT2D eigenvalue weighted by atomic mass is 9.92. The van der Waals surface area contributed by atoms with Crippen molar-refractivity contribution >= 4 is 11.6 Å². The zero-order valence-electron chi connectivity index (χ0n) is 16.2. The lowest BCUT2D eigenvalue weighted by molar-refractivity contribution is -0.128. The first-order valence-corrected chi connectivity index (χ1v) is 9.38. The van der Waals surface area contributed by atoms with Gasteiger partial charge in [-0.05, 0) is 39.0 Å². The number of likely N-dealkylation sites (tertiary alicyclic amines) is 1. The quantitative estimate of drug-likeness (QED) is 0.424. The Morgan fingerprint density at radius 2 is 1.92 bits per heavy atom. The molecule has 1 amide bonds. The maximum absolute atomic E-state index is 12.7. The topological polar surface area (TPSA) is 84.6 Å². The Morgan fingerprint density at radius 3 is 2.46 bits per heavy atom. The van der Waals surface area contributed by atoms with Gasteiger partial charge >= 0.3 is 0 Å². The SMILES string of the molecule is CCCC1CCCN(C(=O)/C(=C/O)C(=N)c2ccc(C)cc2)C1.CCO. The van der Waals surface area contributed by atoms with Crippen LogP contribution in [0.15, 0.2) is 36.1 Å². The van der Waals surface area contributed by atoms with E-state index in [0.717, 1.165) is 44.1 Å². The monoisotopic (exact) mass is 360 g/mol. The Morgan fingerprint density at radius 1 is 1.31 bits per heavy atom. The van der Waals surface area contributed by atoms with Gasteiger partial charge in [-0.15, -0.1) is 0 Å². The van der Waals surface area contributed by atoms with E-state index in [1.807, 2.05) is 31.2 Å². The predicted octanol–water partition coefficient (Wildman–Crippen LogP) is 3.84. The summed E-state index contributed by atoms with van der Waals surface area (Å²) in [6, 6.07) is 7.43. The number of aliphatic hydroxyl groups is 2. The first-order valence-electron chi connectivity index (χ1n) is 9.38. The second-order valence-corrected chi connectivity index (χ2v) is 6.65. The van der Waals surface area contributed by atoms with E-state index in [1.165, 1.54) is 0 Å². The number of benzene rings is 1. The molecule has 0 bridgehead atoms. The zero-order chi connectivity index (χ0) is 19.5. The summed E-state index contributed by atoms with van der Waals surface area (Å²) in [7, 11) is 0. The van der Waals surface area contributed by atoms with Gasteiger partial charge in [0.25, 0.3) is 5.91 Å². The van der Waals surface area contributed by atoms with Gasteiger partial charge in [-0.25, -0.2) is 0 Å². The van der Waals surface area contributed by atoms with Crippen molar-refractivity contribution in [2.75, 3.05) is 19.7 Å². The number of carbonyl (C=O) groups excluding carboxylic acids is 1. The van der Waals surface area contributed by atoms with Crippen LogP contribution >= 0.6 is 0 Å². The highest BCUT2D eigenvalue weighted by Crippen LogP contribution is 2.23. The van der Waals surface area contributed by atoms with Gasteiger partial charge in [0, 0.05) is 25.3 Å². The Hall–Kier alpha value is -2.14. The summed E-state index contributed by atoms with van der Waals surface area (Å²) < 4.78 is 0. The van der Waals surface area contributed by atoms with Crippen LogP contribution in [0.4, 0.5) is 0 Å². The van der Waals surface area contributed by atoms with Crippen LogP contribution in [0.25, 0.3) is 0 Å². The summed E-state index contributed by atoms with van der Waals surface area (Å²) in [5, 5.41) is 25.4. The van der Waals surface area contributed by atoms with Gasteiger partial charge in [0.1, 0.15) is 0 Å². The van der Waals surface area contributed by atoms with Gasteiger partial charge in [0.15, 0.2) is 0 Å². The van der Waals surface area contributed by atoms with Crippen LogP contribution < -0.4 is 0 Å². The summed E-state index contributed by atoms with van der Waals surface area (Å²) >= 11 is 0. The maximum Gasteiger partial charge on any atom is 0.259 e. The lowest BCUT2D eigenvalue weighted by Crippen LogP contribution is -2.41. The van der Waals surface area contributed by atoms with Gasteiger partial charge in [-0.2, -0.15) is 0 Å². The number of nitrogens with one attached hydrogen (secondary N) is 1. The van der Waals surface area contributed by atoms with Gasteiger partial charge in [0.05, 0.1) is 17.5 Å². The molecule has 1 atom stereocenters. The molecular weight excluding hydrogens is 328 g/mol. The third kappa shape index (κ3) is 6.30. The molecule has 3 N–H and O–H groups in total.